The van der Waals surface area contributed by atoms with Crippen LogP contribution in [0.4, 0.5) is 13.2 Å². The van der Waals surface area contributed by atoms with E-state index < -0.39 is 47.6 Å². The van der Waals surface area contributed by atoms with Crippen LogP contribution in [0.25, 0.3) is 0 Å². The van der Waals surface area contributed by atoms with Crippen LogP contribution in [0, 0.1) is 5.92 Å². The van der Waals surface area contributed by atoms with Gasteiger partial charge in [-0.1, -0.05) is 19.1 Å². The maximum absolute atomic E-state index is 12.6. The van der Waals surface area contributed by atoms with Crippen molar-refractivity contribution in [1.82, 2.24) is 5.32 Å². The second-order valence-corrected chi connectivity index (χ2v) is 5.87. The number of hydrogen-bond donors (Lipinski definition) is 3. The van der Waals surface area contributed by atoms with Crippen molar-refractivity contribution in [2.45, 2.75) is 38.6 Å². The molecule has 7 nitrogen and oxygen atoms in total. The number of ether oxygens (including phenoxy) is 1. The topological polar surface area (TPSA) is 119 Å². The molecule has 1 rings (SSSR count). The molecule has 150 valence electrons. The molecule has 4 N–H and O–H groups in total. The molecule has 0 radical (unpaired) electrons. The molecule has 0 aliphatic carbocycles. The van der Waals surface area contributed by atoms with Gasteiger partial charge >= 0.3 is 12.1 Å². The van der Waals surface area contributed by atoms with Gasteiger partial charge < -0.3 is 20.9 Å². The number of carbonyl (C=O) groups is 3. The van der Waals surface area contributed by atoms with Crippen LogP contribution in [0.2, 0.25) is 0 Å². The molecular formula is C17H21F3N2O5. The standard InChI is InChI=1S/C17H21F3N2O5/c1-3-27-16(26)9(2)8-12(14(21)24)22-15(25)13(23)10-4-6-11(7-5-10)17(18,19)20/h4-7,9,12-13,23H,3,8H2,1-2H3,(H2,21,24)(H,22,25)/t9-,12+,13+/m0/s1. The lowest BCUT2D eigenvalue weighted by atomic mass is 10.0. The third kappa shape index (κ3) is 6.55. The van der Waals surface area contributed by atoms with E-state index in [1.165, 1.54) is 6.92 Å². The number of hydrogen-bond acceptors (Lipinski definition) is 5. The van der Waals surface area contributed by atoms with Gasteiger partial charge in [0.1, 0.15) is 6.04 Å². The molecule has 0 heterocycles. The molecule has 27 heavy (non-hydrogen) atoms. The number of amides is 2. The molecule has 1 aromatic carbocycles. The van der Waals surface area contributed by atoms with Crippen LogP contribution in [0.1, 0.15) is 37.5 Å². The average molecular weight is 390 g/mol. The van der Waals surface area contributed by atoms with Gasteiger partial charge in [-0.2, -0.15) is 13.2 Å². The highest BCUT2D eigenvalue weighted by Crippen LogP contribution is 2.30. The molecule has 0 spiro atoms. The summed E-state index contributed by atoms with van der Waals surface area (Å²) in [6.45, 7) is 3.23. The lowest BCUT2D eigenvalue weighted by molar-refractivity contribution is -0.148. The summed E-state index contributed by atoms with van der Waals surface area (Å²) in [7, 11) is 0. The Labute approximate surface area is 153 Å². The van der Waals surface area contributed by atoms with Crippen molar-refractivity contribution in [3.8, 4) is 0 Å². The number of nitrogens with one attached hydrogen (secondary N) is 1. The van der Waals surface area contributed by atoms with Crippen molar-refractivity contribution in [3.63, 3.8) is 0 Å². The average Bonchev–Trinajstić information content (AvgIpc) is 2.59. The minimum absolute atomic E-state index is 0.0952. The van der Waals surface area contributed by atoms with Crippen LogP contribution in [-0.2, 0) is 25.3 Å². The van der Waals surface area contributed by atoms with Crippen molar-refractivity contribution >= 4 is 17.8 Å². The van der Waals surface area contributed by atoms with Crippen molar-refractivity contribution < 1.29 is 37.4 Å². The van der Waals surface area contributed by atoms with Gasteiger partial charge in [0.05, 0.1) is 18.1 Å². The lowest BCUT2D eigenvalue weighted by Gasteiger charge is -2.20. The van der Waals surface area contributed by atoms with Crippen molar-refractivity contribution in [2.75, 3.05) is 6.61 Å². The molecule has 0 saturated carbocycles. The van der Waals surface area contributed by atoms with E-state index in [1.807, 2.05) is 0 Å². The van der Waals surface area contributed by atoms with E-state index in [9.17, 15) is 32.7 Å². The highest BCUT2D eigenvalue weighted by atomic mass is 19.4. The van der Waals surface area contributed by atoms with Crippen LogP contribution in [0.15, 0.2) is 24.3 Å². The van der Waals surface area contributed by atoms with Crippen molar-refractivity contribution in [1.29, 1.82) is 0 Å². The smallest absolute Gasteiger partial charge is 0.416 e. The highest BCUT2D eigenvalue weighted by molar-refractivity contribution is 5.89. The third-order valence-corrected chi connectivity index (χ3v) is 3.74. The molecule has 0 aromatic heterocycles. The second-order valence-electron chi connectivity index (χ2n) is 5.87. The molecule has 0 aliphatic rings. The third-order valence-electron chi connectivity index (χ3n) is 3.74. The first-order chi connectivity index (χ1) is 12.5. The Morgan fingerprint density at radius 3 is 2.22 bits per heavy atom. The van der Waals surface area contributed by atoms with Gasteiger partial charge in [-0.3, -0.25) is 14.4 Å². The summed E-state index contributed by atoms with van der Waals surface area (Å²) in [5.41, 5.74) is 4.17. The van der Waals surface area contributed by atoms with Crippen LogP contribution in [0.5, 0.6) is 0 Å². The van der Waals surface area contributed by atoms with Gasteiger partial charge in [0.15, 0.2) is 6.10 Å². The number of aliphatic hydroxyl groups excluding tert-OH is 1. The van der Waals surface area contributed by atoms with E-state index in [-0.39, 0.29) is 18.6 Å². The maximum atomic E-state index is 12.6. The van der Waals surface area contributed by atoms with Crippen LogP contribution in [-0.4, -0.2) is 35.5 Å². The fourth-order valence-corrected chi connectivity index (χ4v) is 2.24. The molecule has 0 bridgehead atoms. The number of rotatable bonds is 8. The number of aliphatic hydroxyl groups is 1. The van der Waals surface area contributed by atoms with Gasteiger partial charge in [-0.15, -0.1) is 0 Å². The van der Waals surface area contributed by atoms with E-state index >= 15 is 0 Å². The fourth-order valence-electron chi connectivity index (χ4n) is 2.24. The van der Waals surface area contributed by atoms with Crippen molar-refractivity contribution in [2.24, 2.45) is 11.7 Å². The van der Waals surface area contributed by atoms with Crippen LogP contribution in [0.3, 0.4) is 0 Å². The Bertz CT molecular complexity index is 676. The SMILES string of the molecule is CCOC(=O)[C@@H](C)C[C@@H](NC(=O)[C@H](O)c1ccc(C(F)(F)F)cc1)C(N)=O. The summed E-state index contributed by atoms with van der Waals surface area (Å²) in [4.78, 5) is 35.3. The quantitative estimate of drug-likeness (QED) is 0.578. The summed E-state index contributed by atoms with van der Waals surface area (Å²) in [6.07, 6.45) is -6.52. The summed E-state index contributed by atoms with van der Waals surface area (Å²) < 4.78 is 42.5. The van der Waals surface area contributed by atoms with Gasteiger partial charge in [0.25, 0.3) is 5.91 Å². The number of carbonyl (C=O) groups excluding carboxylic acids is 3. The first-order valence-electron chi connectivity index (χ1n) is 8.08. The molecule has 0 unspecified atom stereocenters. The highest BCUT2D eigenvalue weighted by Gasteiger charge is 2.31. The molecule has 10 heteroatoms. The molecule has 2 amide bonds. The summed E-state index contributed by atoms with van der Waals surface area (Å²) >= 11 is 0. The molecule has 0 saturated heterocycles. The van der Waals surface area contributed by atoms with Crippen molar-refractivity contribution in [3.05, 3.63) is 35.4 Å². The zero-order valence-corrected chi connectivity index (χ0v) is 14.7. The maximum Gasteiger partial charge on any atom is 0.416 e. The molecule has 0 aliphatic heterocycles. The fraction of sp³-hybridized carbons (Fsp3) is 0.471. The van der Waals surface area contributed by atoms with Crippen LogP contribution >= 0.6 is 0 Å². The lowest BCUT2D eigenvalue weighted by Crippen LogP contribution is -2.47. The Kier molecular flexibility index (Phi) is 7.77. The Balaban J connectivity index is 2.80. The monoisotopic (exact) mass is 390 g/mol. The normalized spacial score (nSPS) is 14.7. The number of benzene rings is 1. The summed E-state index contributed by atoms with van der Waals surface area (Å²) in [5.74, 6) is -3.29. The first kappa shape index (κ1) is 22.4. The zero-order chi connectivity index (χ0) is 20.8. The molecule has 0 fully saturated rings. The zero-order valence-electron chi connectivity index (χ0n) is 14.7. The summed E-state index contributed by atoms with van der Waals surface area (Å²) in [6, 6.07) is 2.09. The first-order valence-corrected chi connectivity index (χ1v) is 8.08. The number of alkyl halides is 3. The molecule has 1 aromatic rings. The van der Waals surface area contributed by atoms with E-state index in [2.05, 4.69) is 5.32 Å². The Morgan fingerprint density at radius 1 is 1.22 bits per heavy atom. The number of nitrogens with two attached hydrogens (primary N) is 1. The predicted molar refractivity (Wildman–Crippen MR) is 87.9 cm³/mol. The summed E-state index contributed by atoms with van der Waals surface area (Å²) in [5, 5.41) is 12.2. The van der Waals surface area contributed by atoms with Gasteiger partial charge in [0.2, 0.25) is 5.91 Å². The minimum Gasteiger partial charge on any atom is -0.466 e. The second kappa shape index (κ2) is 9.36. The van der Waals surface area contributed by atoms with E-state index in [1.54, 1.807) is 6.92 Å². The van der Waals surface area contributed by atoms with Crippen LogP contribution < -0.4 is 11.1 Å². The van der Waals surface area contributed by atoms with E-state index in [0.717, 1.165) is 24.3 Å². The largest absolute Gasteiger partial charge is 0.466 e. The van der Waals surface area contributed by atoms with E-state index in [0.29, 0.717) is 0 Å². The van der Waals surface area contributed by atoms with Gasteiger partial charge in [-0.25, -0.2) is 0 Å². The van der Waals surface area contributed by atoms with E-state index in [4.69, 9.17) is 10.5 Å². The van der Waals surface area contributed by atoms with Gasteiger partial charge in [0, 0.05) is 0 Å². The molecule has 3 atom stereocenters. The number of halogens is 3. The molecular weight excluding hydrogens is 369 g/mol. The number of primary amides is 1. The van der Waals surface area contributed by atoms with Gasteiger partial charge in [-0.05, 0) is 31.0 Å². The Hall–Kier alpha value is -2.62. The number of esters is 1. The Morgan fingerprint density at radius 2 is 1.78 bits per heavy atom. The minimum atomic E-state index is -4.55. The predicted octanol–water partition coefficient (Wildman–Crippen LogP) is 1.30.